The van der Waals surface area contributed by atoms with Crippen molar-refractivity contribution in [3.63, 3.8) is 0 Å². The van der Waals surface area contributed by atoms with Crippen LogP contribution in [0.25, 0.3) is 0 Å². The van der Waals surface area contributed by atoms with Gasteiger partial charge < -0.3 is 10.6 Å². The molecule has 0 spiro atoms. The topological polar surface area (TPSA) is 82.0 Å². The molecule has 5 nitrogen and oxygen atoms in total. The van der Waals surface area contributed by atoms with E-state index in [-0.39, 0.29) is 11.8 Å². The Hall–Kier alpha value is -2.78. The highest BCUT2D eigenvalue weighted by molar-refractivity contribution is 7.99. The van der Waals surface area contributed by atoms with Gasteiger partial charge in [0, 0.05) is 24.1 Å². The van der Waals surface area contributed by atoms with Crippen LogP contribution < -0.4 is 10.6 Å². The van der Waals surface area contributed by atoms with Gasteiger partial charge in [-0.3, -0.25) is 9.59 Å². The Bertz CT molecular complexity index is 810. The Morgan fingerprint density at radius 3 is 2.48 bits per heavy atom. The average molecular weight is 353 g/mol. The first kappa shape index (κ1) is 18.6. The summed E-state index contributed by atoms with van der Waals surface area (Å²) in [6, 6.07) is 14.8. The standard InChI is InChI=1S/C19H19N3O2S/c1-13-3-8-17(9-18(13)21-14(2)23)22-19(24)12-25-11-16-6-4-15(10-20)5-7-16/h3-9H,11-12H2,1-2H3,(H,21,23)(H,22,24). The van der Waals surface area contributed by atoms with Gasteiger partial charge in [0.25, 0.3) is 0 Å². The predicted molar refractivity (Wildman–Crippen MR) is 101 cm³/mol. The number of hydrogen-bond donors (Lipinski definition) is 2. The molecule has 0 atom stereocenters. The van der Waals surface area contributed by atoms with Gasteiger partial charge in [-0.2, -0.15) is 5.26 Å². The van der Waals surface area contributed by atoms with Gasteiger partial charge in [0.2, 0.25) is 11.8 Å². The molecule has 2 aromatic carbocycles. The van der Waals surface area contributed by atoms with Crippen molar-refractivity contribution >= 4 is 35.0 Å². The molecule has 2 N–H and O–H groups in total. The lowest BCUT2D eigenvalue weighted by Gasteiger charge is -2.10. The highest BCUT2D eigenvalue weighted by atomic mass is 32.2. The van der Waals surface area contributed by atoms with E-state index in [2.05, 4.69) is 16.7 Å². The van der Waals surface area contributed by atoms with Crippen molar-refractivity contribution in [2.75, 3.05) is 16.4 Å². The molecule has 0 aliphatic carbocycles. The number of thioether (sulfide) groups is 1. The summed E-state index contributed by atoms with van der Waals surface area (Å²) in [6.45, 7) is 3.34. The summed E-state index contributed by atoms with van der Waals surface area (Å²) in [5, 5.41) is 14.3. The maximum absolute atomic E-state index is 12.1. The maximum atomic E-state index is 12.1. The summed E-state index contributed by atoms with van der Waals surface area (Å²) >= 11 is 1.50. The van der Waals surface area contributed by atoms with E-state index in [0.29, 0.717) is 28.4 Å². The molecule has 6 heteroatoms. The van der Waals surface area contributed by atoms with Crippen LogP contribution in [0.5, 0.6) is 0 Å². The molecule has 0 aliphatic heterocycles. The summed E-state index contributed by atoms with van der Waals surface area (Å²) in [6.07, 6.45) is 0. The number of carbonyl (C=O) groups excluding carboxylic acids is 2. The van der Waals surface area contributed by atoms with Crippen LogP contribution in [0, 0.1) is 18.3 Å². The second kappa shape index (κ2) is 8.90. The summed E-state index contributed by atoms with van der Waals surface area (Å²) in [4.78, 5) is 23.3. The number of carbonyl (C=O) groups is 2. The lowest BCUT2D eigenvalue weighted by atomic mass is 10.2. The Morgan fingerprint density at radius 1 is 1.12 bits per heavy atom. The molecule has 2 amide bonds. The molecule has 0 radical (unpaired) electrons. The number of nitriles is 1. The molecule has 0 saturated carbocycles. The first-order chi connectivity index (χ1) is 12.0. The van der Waals surface area contributed by atoms with Gasteiger partial charge in [0.15, 0.2) is 0 Å². The van der Waals surface area contributed by atoms with Crippen LogP contribution in [-0.4, -0.2) is 17.6 Å². The minimum Gasteiger partial charge on any atom is -0.326 e. The van der Waals surface area contributed by atoms with Gasteiger partial charge in [-0.25, -0.2) is 0 Å². The Kier molecular flexibility index (Phi) is 6.61. The van der Waals surface area contributed by atoms with Crippen LogP contribution in [0.1, 0.15) is 23.6 Å². The van der Waals surface area contributed by atoms with E-state index >= 15 is 0 Å². The zero-order chi connectivity index (χ0) is 18.2. The summed E-state index contributed by atoms with van der Waals surface area (Å²) in [5.74, 6) is 0.772. The number of nitrogens with one attached hydrogen (secondary N) is 2. The van der Waals surface area contributed by atoms with E-state index in [0.717, 1.165) is 11.1 Å². The van der Waals surface area contributed by atoms with Crippen molar-refractivity contribution in [2.24, 2.45) is 0 Å². The van der Waals surface area contributed by atoms with Crippen LogP contribution >= 0.6 is 11.8 Å². The highest BCUT2D eigenvalue weighted by Gasteiger charge is 2.06. The lowest BCUT2D eigenvalue weighted by Crippen LogP contribution is -2.15. The highest BCUT2D eigenvalue weighted by Crippen LogP contribution is 2.21. The molecule has 128 valence electrons. The number of rotatable bonds is 6. The number of nitrogens with zero attached hydrogens (tertiary/aromatic N) is 1. The fourth-order valence-corrected chi connectivity index (χ4v) is 2.95. The van der Waals surface area contributed by atoms with Crippen LogP contribution in [-0.2, 0) is 15.3 Å². The second-order valence-electron chi connectivity index (χ2n) is 5.56. The first-order valence-corrected chi connectivity index (χ1v) is 8.88. The second-order valence-corrected chi connectivity index (χ2v) is 6.55. The van der Waals surface area contributed by atoms with Gasteiger partial charge in [0.05, 0.1) is 17.4 Å². The van der Waals surface area contributed by atoms with Gasteiger partial charge in [-0.05, 0) is 42.3 Å². The minimum atomic E-state index is -0.149. The number of anilines is 2. The average Bonchev–Trinajstić information content (AvgIpc) is 2.58. The van der Waals surface area contributed by atoms with Gasteiger partial charge in [-0.1, -0.05) is 18.2 Å². The van der Waals surface area contributed by atoms with Crippen LogP contribution in [0.15, 0.2) is 42.5 Å². The van der Waals surface area contributed by atoms with Crippen molar-refractivity contribution < 1.29 is 9.59 Å². The fourth-order valence-electron chi connectivity index (χ4n) is 2.16. The molecule has 25 heavy (non-hydrogen) atoms. The Morgan fingerprint density at radius 2 is 1.84 bits per heavy atom. The maximum Gasteiger partial charge on any atom is 0.234 e. The molecule has 0 aliphatic rings. The molecule has 0 bridgehead atoms. The SMILES string of the molecule is CC(=O)Nc1cc(NC(=O)CSCc2ccc(C#N)cc2)ccc1C. The molecule has 2 rings (SSSR count). The van der Waals surface area contributed by atoms with Gasteiger partial charge >= 0.3 is 0 Å². The predicted octanol–water partition coefficient (Wildman–Crippen LogP) is 3.70. The van der Waals surface area contributed by atoms with Crippen LogP contribution in [0.2, 0.25) is 0 Å². The fraction of sp³-hybridized carbons (Fsp3) is 0.211. The molecule has 0 aromatic heterocycles. The molecular formula is C19H19N3O2S. The van der Waals surface area contributed by atoms with Crippen molar-refractivity contribution in [2.45, 2.75) is 19.6 Å². The molecule has 2 aromatic rings. The lowest BCUT2D eigenvalue weighted by molar-refractivity contribution is -0.114. The van der Waals surface area contributed by atoms with Crippen molar-refractivity contribution in [1.82, 2.24) is 0 Å². The normalized spacial score (nSPS) is 9.96. The molecular weight excluding hydrogens is 334 g/mol. The summed E-state index contributed by atoms with van der Waals surface area (Å²) < 4.78 is 0. The van der Waals surface area contributed by atoms with E-state index in [1.54, 1.807) is 18.2 Å². The molecule has 0 heterocycles. The van der Waals surface area contributed by atoms with Gasteiger partial charge in [-0.15, -0.1) is 11.8 Å². The Balaban J connectivity index is 1.85. The zero-order valence-corrected chi connectivity index (χ0v) is 14.9. The smallest absolute Gasteiger partial charge is 0.234 e. The van der Waals surface area contributed by atoms with Crippen molar-refractivity contribution in [1.29, 1.82) is 5.26 Å². The van der Waals surface area contributed by atoms with Crippen molar-refractivity contribution in [3.8, 4) is 6.07 Å². The Labute approximate surface area is 151 Å². The first-order valence-electron chi connectivity index (χ1n) is 7.73. The largest absolute Gasteiger partial charge is 0.326 e. The van der Waals surface area contributed by atoms with E-state index in [4.69, 9.17) is 5.26 Å². The van der Waals surface area contributed by atoms with E-state index < -0.39 is 0 Å². The minimum absolute atomic E-state index is 0.101. The number of benzene rings is 2. The third kappa shape index (κ3) is 5.98. The summed E-state index contributed by atoms with van der Waals surface area (Å²) in [7, 11) is 0. The zero-order valence-electron chi connectivity index (χ0n) is 14.1. The quantitative estimate of drug-likeness (QED) is 0.830. The third-order valence-electron chi connectivity index (χ3n) is 3.42. The van der Waals surface area contributed by atoms with E-state index in [9.17, 15) is 9.59 Å². The van der Waals surface area contributed by atoms with Crippen LogP contribution in [0.4, 0.5) is 11.4 Å². The van der Waals surface area contributed by atoms with Crippen molar-refractivity contribution in [3.05, 3.63) is 59.2 Å². The number of aryl methyl sites for hydroxylation is 1. The monoisotopic (exact) mass is 353 g/mol. The molecule has 0 saturated heterocycles. The third-order valence-corrected chi connectivity index (χ3v) is 4.42. The number of amides is 2. The van der Waals surface area contributed by atoms with Gasteiger partial charge in [0.1, 0.15) is 0 Å². The summed E-state index contributed by atoms with van der Waals surface area (Å²) in [5.41, 5.74) is 3.97. The molecule has 0 unspecified atom stereocenters. The van der Waals surface area contributed by atoms with E-state index in [1.165, 1.54) is 18.7 Å². The van der Waals surface area contributed by atoms with E-state index in [1.807, 2.05) is 31.2 Å². The van der Waals surface area contributed by atoms with Crippen LogP contribution in [0.3, 0.4) is 0 Å². The molecule has 0 fully saturated rings. The number of hydrogen-bond acceptors (Lipinski definition) is 4.